The van der Waals surface area contributed by atoms with Crippen LogP contribution in [0.5, 0.6) is 0 Å². The summed E-state index contributed by atoms with van der Waals surface area (Å²) in [6.07, 6.45) is 1.38. The lowest BCUT2D eigenvalue weighted by Crippen LogP contribution is -2.01. The number of carbonyl (C=O) groups is 1. The van der Waals surface area contributed by atoms with Crippen LogP contribution in [0.15, 0.2) is 41.3 Å². The number of hydrogen-bond donors (Lipinski definition) is 2. The Morgan fingerprint density at radius 3 is 2.65 bits per heavy atom. The van der Waals surface area contributed by atoms with E-state index in [1.165, 1.54) is 30.5 Å². The van der Waals surface area contributed by atoms with E-state index in [2.05, 4.69) is 4.98 Å². The SMILES string of the molecule is O=C(O)c1ccc(F)c(-c2cc(=O)cc[nH]2)c1. The van der Waals surface area contributed by atoms with E-state index < -0.39 is 11.8 Å². The first kappa shape index (κ1) is 11.1. The molecular weight excluding hydrogens is 225 g/mol. The van der Waals surface area contributed by atoms with Crippen LogP contribution in [0.1, 0.15) is 10.4 Å². The number of aromatic amines is 1. The largest absolute Gasteiger partial charge is 0.478 e. The van der Waals surface area contributed by atoms with Crippen LogP contribution in [0.3, 0.4) is 0 Å². The monoisotopic (exact) mass is 233 g/mol. The van der Waals surface area contributed by atoms with Crippen molar-refractivity contribution in [2.24, 2.45) is 0 Å². The number of rotatable bonds is 2. The third-order valence-corrected chi connectivity index (χ3v) is 2.28. The zero-order chi connectivity index (χ0) is 12.4. The van der Waals surface area contributed by atoms with Gasteiger partial charge in [0, 0.05) is 23.9 Å². The second kappa shape index (κ2) is 4.21. The molecule has 4 nitrogen and oxygen atoms in total. The number of aromatic carboxylic acids is 1. The van der Waals surface area contributed by atoms with Gasteiger partial charge in [0.15, 0.2) is 5.43 Å². The second-order valence-corrected chi connectivity index (χ2v) is 3.44. The zero-order valence-electron chi connectivity index (χ0n) is 8.61. The molecule has 86 valence electrons. The average molecular weight is 233 g/mol. The highest BCUT2D eigenvalue weighted by molar-refractivity contribution is 5.89. The maximum Gasteiger partial charge on any atom is 0.335 e. The number of hydrogen-bond acceptors (Lipinski definition) is 2. The lowest BCUT2D eigenvalue weighted by atomic mass is 10.1. The van der Waals surface area contributed by atoms with Crippen molar-refractivity contribution in [3.63, 3.8) is 0 Å². The first-order valence-electron chi connectivity index (χ1n) is 4.80. The van der Waals surface area contributed by atoms with Gasteiger partial charge in [0.1, 0.15) is 5.82 Å². The summed E-state index contributed by atoms with van der Waals surface area (Å²) < 4.78 is 13.5. The van der Waals surface area contributed by atoms with E-state index in [-0.39, 0.29) is 22.2 Å². The minimum atomic E-state index is -1.15. The predicted molar refractivity (Wildman–Crippen MR) is 59.4 cm³/mol. The number of H-pyrrole nitrogens is 1. The fraction of sp³-hybridized carbons (Fsp3) is 0. The fourth-order valence-electron chi connectivity index (χ4n) is 1.47. The summed E-state index contributed by atoms with van der Waals surface area (Å²) in [6.45, 7) is 0. The Kier molecular flexibility index (Phi) is 2.74. The first-order valence-corrected chi connectivity index (χ1v) is 4.80. The van der Waals surface area contributed by atoms with Crippen molar-refractivity contribution in [3.8, 4) is 11.3 Å². The Morgan fingerprint density at radius 2 is 2.00 bits per heavy atom. The lowest BCUT2D eigenvalue weighted by molar-refractivity contribution is 0.0697. The Labute approximate surface area is 95.4 Å². The van der Waals surface area contributed by atoms with Gasteiger partial charge in [-0.2, -0.15) is 0 Å². The summed E-state index contributed by atoms with van der Waals surface area (Å²) in [5.74, 6) is -1.73. The van der Waals surface area contributed by atoms with Crippen molar-refractivity contribution in [1.29, 1.82) is 0 Å². The number of aromatic nitrogens is 1. The molecule has 1 heterocycles. The molecule has 0 spiro atoms. The third-order valence-electron chi connectivity index (χ3n) is 2.28. The lowest BCUT2D eigenvalue weighted by Gasteiger charge is -2.04. The van der Waals surface area contributed by atoms with Crippen LogP contribution in [0.25, 0.3) is 11.3 Å². The van der Waals surface area contributed by atoms with Crippen LogP contribution in [0.2, 0.25) is 0 Å². The Balaban J connectivity index is 2.62. The standard InChI is InChI=1S/C12H8FNO3/c13-10-2-1-7(12(16)17)5-9(10)11-6-8(15)3-4-14-11/h1-6H,(H,14,15)(H,16,17). The van der Waals surface area contributed by atoms with Crippen molar-refractivity contribution in [2.75, 3.05) is 0 Å². The van der Waals surface area contributed by atoms with E-state index in [1.54, 1.807) is 0 Å². The summed E-state index contributed by atoms with van der Waals surface area (Å²) in [5.41, 5.74) is -0.00863. The first-order chi connectivity index (χ1) is 8.08. The van der Waals surface area contributed by atoms with Gasteiger partial charge >= 0.3 is 5.97 Å². The van der Waals surface area contributed by atoms with E-state index in [0.717, 1.165) is 6.07 Å². The van der Waals surface area contributed by atoms with Crippen LogP contribution >= 0.6 is 0 Å². The van der Waals surface area contributed by atoms with E-state index in [4.69, 9.17) is 5.11 Å². The third kappa shape index (κ3) is 2.23. The number of pyridine rings is 1. The van der Waals surface area contributed by atoms with Gasteiger partial charge in [-0.25, -0.2) is 9.18 Å². The van der Waals surface area contributed by atoms with Gasteiger partial charge in [-0.15, -0.1) is 0 Å². The van der Waals surface area contributed by atoms with E-state index in [9.17, 15) is 14.0 Å². The smallest absolute Gasteiger partial charge is 0.335 e. The molecule has 1 aromatic carbocycles. The van der Waals surface area contributed by atoms with Gasteiger partial charge in [0.05, 0.1) is 11.3 Å². The molecule has 0 aliphatic rings. The maximum absolute atomic E-state index is 13.5. The minimum Gasteiger partial charge on any atom is -0.478 e. The van der Waals surface area contributed by atoms with E-state index in [1.807, 2.05) is 0 Å². The van der Waals surface area contributed by atoms with E-state index in [0.29, 0.717) is 0 Å². The molecule has 0 aliphatic carbocycles. The molecule has 0 aliphatic heterocycles. The molecule has 2 rings (SSSR count). The van der Waals surface area contributed by atoms with Crippen LogP contribution in [0.4, 0.5) is 4.39 Å². The molecule has 2 aromatic rings. The number of halogens is 1. The highest BCUT2D eigenvalue weighted by Gasteiger charge is 2.10. The minimum absolute atomic E-state index is 0.0360. The molecule has 5 heteroatoms. The second-order valence-electron chi connectivity index (χ2n) is 3.44. The van der Waals surface area contributed by atoms with E-state index >= 15 is 0 Å². The molecular formula is C12H8FNO3. The maximum atomic E-state index is 13.5. The molecule has 0 fully saturated rings. The molecule has 2 N–H and O–H groups in total. The van der Waals surface area contributed by atoms with Crippen LogP contribution in [-0.2, 0) is 0 Å². The zero-order valence-corrected chi connectivity index (χ0v) is 8.61. The molecule has 0 saturated carbocycles. The Hall–Kier alpha value is -2.43. The number of carboxylic acids is 1. The summed E-state index contributed by atoms with van der Waals surface area (Å²) in [6, 6.07) is 5.92. The summed E-state index contributed by atoms with van der Waals surface area (Å²) >= 11 is 0. The molecule has 0 bridgehead atoms. The molecule has 0 unspecified atom stereocenters. The van der Waals surface area contributed by atoms with Crippen LogP contribution in [-0.4, -0.2) is 16.1 Å². The Bertz CT molecular complexity index is 634. The van der Waals surface area contributed by atoms with Crippen molar-refractivity contribution < 1.29 is 14.3 Å². The average Bonchev–Trinajstić information content (AvgIpc) is 2.29. The molecule has 1 aromatic heterocycles. The van der Waals surface area contributed by atoms with Crippen molar-refractivity contribution in [2.45, 2.75) is 0 Å². The van der Waals surface area contributed by atoms with Crippen LogP contribution in [0, 0.1) is 5.82 Å². The van der Waals surface area contributed by atoms with Gasteiger partial charge in [-0.1, -0.05) is 0 Å². The van der Waals surface area contributed by atoms with Crippen molar-refractivity contribution in [1.82, 2.24) is 4.98 Å². The molecule has 0 radical (unpaired) electrons. The van der Waals surface area contributed by atoms with Gasteiger partial charge in [-0.3, -0.25) is 4.79 Å². The molecule has 0 atom stereocenters. The van der Waals surface area contributed by atoms with Gasteiger partial charge in [-0.05, 0) is 18.2 Å². The topological polar surface area (TPSA) is 70.2 Å². The number of nitrogens with one attached hydrogen (secondary N) is 1. The normalized spacial score (nSPS) is 10.2. The van der Waals surface area contributed by atoms with Gasteiger partial charge in [0.2, 0.25) is 0 Å². The highest BCUT2D eigenvalue weighted by atomic mass is 19.1. The molecule has 0 saturated heterocycles. The van der Waals surface area contributed by atoms with Crippen LogP contribution < -0.4 is 5.43 Å². The summed E-state index contributed by atoms with van der Waals surface area (Å²) in [7, 11) is 0. The highest BCUT2D eigenvalue weighted by Crippen LogP contribution is 2.20. The number of carboxylic acid groups (broad SMARTS) is 1. The predicted octanol–water partition coefficient (Wildman–Crippen LogP) is 1.88. The molecule has 0 amide bonds. The van der Waals surface area contributed by atoms with Gasteiger partial charge in [0.25, 0.3) is 0 Å². The summed E-state index contributed by atoms with van der Waals surface area (Å²) in [4.78, 5) is 24.6. The van der Waals surface area contributed by atoms with Crippen molar-refractivity contribution in [3.05, 3.63) is 58.1 Å². The number of benzene rings is 1. The van der Waals surface area contributed by atoms with Crippen molar-refractivity contribution >= 4 is 5.97 Å². The van der Waals surface area contributed by atoms with Gasteiger partial charge < -0.3 is 10.1 Å². The quantitative estimate of drug-likeness (QED) is 0.831. The Morgan fingerprint density at radius 1 is 1.24 bits per heavy atom. The fourth-order valence-corrected chi connectivity index (χ4v) is 1.47. The summed E-state index contributed by atoms with van der Waals surface area (Å²) in [5, 5.41) is 8.81. The molecule has 17 heavy (non-hydrogen) atoms.